The fourth-order valence-electron chi connectivity index (χ4n) is 3.10. The molecule has 1 aliphatic heterocycles. The second kappa shape index (κ2) is 7.56. The summed E-state index contributed by atoms with van der Waals surface area (Å²) in [6.07, 6.45) is 6.78. The summed E-state index contributed by atoms with van der Waals surface area (Å²) < 4.78 is 2.27. The lowest BCUT2D eigenvalue weighted by atomic mass is 10.2. The van der Waals surface area contributed by atoms with Crippen LogP contribution in [0.15, 0.2) is 34.3 Å². The van der Waals surface area contributed by atoms with Crippen molar-refractivity contribution in [3.63, 3.8) is 0 Å². The molecule has 0 saturated heterocycles. The number of aryl methyl sites for hydroxylation is 1. The van der Waals surface area contributed by atoms with Crippen molar-refractivity contribution in [3.05, 3.63) is 40.8 Å². The Labute approximate surface area is 160 Å². The number of rotatable bonds is 4. The second-order valence-electron chi connectivity index (χ2n) is 6.15. The molecular weight excluding hydrogens is 372 g/mol. The molecule has 0 unspecified atom stereocenters. The average Bonchev–Trinajstić information content (AvgIpc) is 2.86. The minimum atomic E-state index is 0.578. The molecule has 4 rings (SSSR count). The Bertz CT molecular complexity index is 909. The van der Waals surface area contributed by atoms with Gasteiger partial charge >= 0.3 is 0 Å². The molecule has 0 radical (unpaired) electrons. The lowest BCUT2D eigenvalue weighted by Crippen LogP contribution is -2.02. The molecule has 1 aromatic carbocycles. The van der Waals surface area contributed by atoms with E-state index in [1.54, 1.807) is 23.5 Å². The summed E-state index contributed by atoms with van der Waals surface area (Å²) in [5, 5.41) is 11.4. The van der Waals surface area contributed by atoms with Crippen molar-refractivity contribution in [2.24, 2.45) is 0 Å². The van der Waals surface area contributed by atoms with Crippen molar-refractivity contribution in [2.45, 2.75) is 48.0 Å². The van der Waals surface area contributed by atoms with Crippen LogP contribution in [-0.4, -0.2) is 26.0 Å². The van der Waals surface area contributed by atoms with Gasteiger partial charge in [0.1, 0.15) is 11.0 Å². The molecule has 4 nitrogen and oxygen atoms in total. The molecular formula is C18H19ClN4S2. The van der Waals surface area contributed by atoms with Gasteiger partial charge < -0.3 is 4.57 Å². The highest BCUT2D eigenvalue weighted by molar-refractivity contribution is 7.98. The minimum absolute atomic E-state index is 0.578. The first-order valence-corrected chi connectivity index (χ1v) is 11.0. The Morgan fingerprint density at radius 3 is 2.96 bits per heavy atom. The smallest absolute Gasteiger partial charge is 0.191 e. The largest absolute Gasteiger partial charge is 0.306 e. The van der Waals surface area contributed by atoms with Gasteiger partial charge in [-0.05, 0) is 37.3 Å². The highest BCUT2D eigenvalue weighted by Crippen LogP contribution is 2.30. The third-order valence-corrected chi connectivity index (χ3v) is 6.55. The summed E-state index contributed by atoms with van der Waals surface area (Å²) in [5.41, 5.74) is 1.99. The number of hydrogen-bond acceptors (Lipinski definition) is 5. The molecule has 130 valence electrons. The van der Waals surface area contributed by atoms with Crippen LogP contribution < -0.4 is 0 Å². The predicted molar refractivity (Wildman–Crippen MR) is 106 cm³/mol. The third-order valence-electron chi connectivity index (χ3n) is 4.48. The summed E-state index contributed by atoms with van der Waals surface area (Å²) in [6, 6.07) is 8.46. The number of halogens is 1. The molecule has 0 bridgehead atoms. The van der Waals surface area contributed by atoms with E-state index < -0.39 is 0 Å². The van der Waals surface area contributed by atoms with Crippen LogP contribution in [-0.2, 0) is 18.7 Å². The van der Waals surface area contributed by atoms with Crippen LogP contribution in [0.5, 0.6) is 0 Å². The van der Waals surface area contributed by atoms with Crippen molar-refractivity contribution in [1.29, 1.82) is 0 Å². The summed E-state index contributed by atoms with van der Waals surface area (Å²) in [6.45, 7) is 1.02. The molecule has 25 heavy (non-hydrogen) atoms. The first-order chi connectivity index (χ1) is 12.2. The quantitative estimate of drug-likeness (QED) is 0.451. The van der Waals surface area contributed by atoms with Crippen LogP contribution in [0.1, 0.15) is 30.7 Å². The fraction of sp³-hybridized carbons (Fsp3) is 0.389. The van der Waals surface area contributed by atoms with Gasteiger partial charge in [-0.3, -0.25) is 0 Å². The zero-order valence-corrected chi connectivity index (χ0v) is 16.4. The van der Waals surface area contributed by atoms with E-state index in [1.807, 2.05) is 0 Å². The number of nitrogens with zero attached hydrogens (tertiary/aromatic N) is 4. The van der Waals surface area contributed by atoms with Crippen LogP contribution in [0.4, 0.5) is 0 Å². The average molecular weight is 391 g/mol. The highest BCUT2D eigenvalue weighted by atomic mass is 35.5. The number of hydrogen-bond donors (Lipinski definition) is 0. The van der Waals surface area contributed by atoms with Crippen molar-refractivity contribution in [1.82, 2.24) is 19.7 Å². The molecule has 0 aliphatic carbocycles. The van der Waals surface area contributed by atoms with Gasteiger partial charge in [-0.25, -0.2) is 4.98 Å². The van der Waals surface area contributed by atoms with E-state index in [9.17, 15) is 0 Å². The molecule has 0 fully saturated rings. The van der Waals surface area contributed by atoms with E-state index in [1.165, 1.54) is 24.2 Å². The van der Waals surface area contributed by atoms with Gasteiger partial charge in [-0.15, -0.1) is 22.0 Å². The molecule has 0 atom stereocenters. The predicted octanol–water partition coefficient (Wildman–Crippen LogP) is 5.22. The van der Waals surface area contributed by atoms with Gasteiger partial charge in [0.15, 0.2) is 5.16 Å². The zero-order valence-electron chi connectivity index (χ0n) is 14.0. The monoisotopic (exact) mass is 390 g/mol. The van der Waals surface area contributed by atoms with E-state index in [0.29, 0.717) is 5.15 Å². The van der Waals surface area contributed by atoms with Gasteiger partial charge in [-0.2, -0.15) is 0 Å². The number of pyridine rings is 1. The van der Waals surface area contributed by atoms with Gasteiger partial charge in [0, 0.05) is 34.6 Å². The minimum Gasteiger partial charge on any atom is -0.306 e. The standard InChI is InChI=1S/C18H19ClN4S2/c1-24-14-7-6-12-9-13(17(19)20-15(12)10-14)11-25-18-22-21-16-5-3-2-4-8-23(16)18/h6-7,9-10H,2-5,8,11H2,1H3. The maximum absolute atomic E-state index is 6.43. The Balaban J connectivity index is 1.57. The van der Waals surface area contributed by atoms with Crippen molar-refractivity contribution >= 4 is 46.0 Å². The van der Waals surface area contributed by atoms with Crippen LogP contribution in [0.3, 0.4) is 0 Å². The number of benzene rings is 1. The molecule has 1 aliphatic rings. The number of aromatic nitrogens is 4. The maximum atomic E-state index is 6.43. The van der Waals surface area contributed by atoms with Gasteiger partial charge in [0.05, 0.1) is 5.52 Å². The summed E-state index contributed by atoms with van der Waals surface area (Å²) in [7, 11) is 0. The molecule has 0 saturated carbocycles. The Morgan fingerprint density at radius 1 is 1.16 bits per heavy atom. The molecule has 7 heteroatoms. The molecule has 0 N–H and O–H groups in total. The SMILES string of the molecule is CSc1ccc2cc(CSc3nnc4n3CCCCC4)c(Cl)nc2c1. The zero-order chi connectivity index (χ0) is 17.2. The Kier molecular flexibility index (Phi) is 5.20. The van der Waals surface area contributed by atoms with Crippen LogP contribution >= 0.6 is 35.1 Å². The number of fused-ring (bicyclic) bond motifs is 2. The summed E-state index contributed by atoms with van der Waals surface area (Å²) in [4.78, 5) is 5.78. The van der Waals surface area contributed by atoms with E-state index in [-0.39, 0.29) is 0 Å². The molecule has 0 amide bonds. The van der Waals surface area contributed by atoms with Crippen molar-refractivity contribution in [3.8, 4) is 0 Å². The molecule has 3 aromatic rings. The highest BCUT2D eigenvalue weighted by Gasteiger charge is 2.16. The van der Waals surface area contributed by atoms with Crippen molar-refractivity contribution in [2.75, 3.05) is 6.26 Å². The van der Waals surface area contributed by atoms with Crippen LogP contribution in [0.2, 0.25) is 5.15 Å². The number of thioether (sulfide) groups is 2. The molecule has 3 heterocycles. The Hall–Kier alpha value is -1.24. The van der Waals surface area contributed by atoms with E-state index in [0.717, 1.165) is 46.2 Å². The Morgan fingerprint density at radius 2 is 2.08 bits per heavy atom. The topological polar surface area (TPSA) is 43.6 Å². The van der Waals surface area contributed by atoms with Crippen LogP contribution in [0, 0.1) is 0 Å². The summed E-state index contributed by atoms with van der Waals surface area (Å²) in [5.74, 6) is 1.87. The summed E-state index contributed by atoms with van der Waals surface area (Å²) >= 11 is 9.84. The van der Waals surface area contributed by atoms with Gasteiger partial charge in [-0.1, -0.05) is 35.9 Å². The fourth-order valence-corrected chi connectivity index (χ4v) is 4.78. The first kappa shape index (κ1) is 17.2. The molecule has 2 aromatic heterocycles. The van der Waals surface area contributed by atoms with E-state index in [4.69, 9.17) is 11.6 Å². The van der Waals surface area contributed by atoms with E-state index >= 15 is 0 Å². The third kappa shape index (κ3) is 3.66. The lowest BCUT2D eigenvalue weighted by Gasteiger charge is -2.08. The lowest BCUT2D eigenvalue weighted by molar-refractivity contribution is 0.591. The van der Waals surface area contributed by atoms with Crippen LogP contribution in [0.25, 0.3) is 10.9 Å². The molecule has 0 spiro atoms. The van der Waals surface area contributed by atoms with E-state index in [2.05, 4.69) is 50.3 Å². The van der Waals surface area contributed by atoms with Gasteiger partial charge in [0.25, 0.3) is 0 Å². The maximum Gasteiger partial charge on any atom is 0.191 e. The normalized spacial score (nSPS) is 14.5. The first-order valence-electron chi connectivity index (χ1n) is 8.42. The second-order valence-corrected chi connectivity index (χ2v) is 8.33. The van der Waals surface area contributed by atoms with Gasteiger partial charge in [0.2, 0.25) is 0 Å². The van der Waals surface area contributed by atoms with Crippen molar-refractivity contribution < 1.29 is 0 Å².